The van der Waals surface area contributed by atoms with E-state index in [4.69, 9.17) is 30.6 Å². The van der Waals surface area contributed by atoms with Gasteiger partial charge in [0.05, 0.1) is 35.5 Å². The van der Waals surface area contributed by atoms with E-state index in [1.165, 1.54) is 0 Å². The summed E-state index contributed by atoms with van der Waals surface area (Å²) in [5.74, 6) is -26.9. The quantitative estimate of drug-likeness (QED) is 0.267. The van der Waals surface area contributed by atoms with Gasteiger partial charge in [-0.2, -0.15) is 0 Å². The summed E-state index contributed by atoms with van der Waals surface area (Å²) in [5, 5.41) is 54.8. The molecule has 12 nitrogen and oxygen atoms in total. The van der Waals surface area contributed by atoms with Gasteiger partial charge in [-0.05, 0) is 0 Å². The third kappa shape index (κ3) is 4.08. The molecule has 0 saturated heterocycles. The van der Waals surface area contributed by atoms with Crippen molar-refractivity contribution in [2.45, 2.75) is 0 Å². The molecular formula is C12H13NaO12. The molecule has 0 heterocycles. The maximum atomic E-state index is 11.3. The Morgan fingerprint density at radius 2 is 0.440 bits per heavy atom. The molecule has 0 atom stereocenters. The van der Waals surface area contributed by atoms with Crippen LogP contribution in [0.25, 0.3) is 0 Å². The number of rotatable bonds is 6. The molecule has 0 amide bonds. The zero-order valence-corrected chi connectivity index (χ0v) is 11.6. The van der Waals surface area contributed by atoms with Crippen molar-refractivity contribution in [1.82, 2.24) is 0 Å². The van der Waals surface area contributed by atoms with E-state index in [1.54, 1.807) is 0 Å². The van der Waals surface area contributed by atoms with Crippen LogP contribution in [0, 0.1) is 35.5 Å². The molecule has 0 spiro atoms. The number of carboxylic acids is 6. The zero-order chi connectivity index (χ0) is 18.9. The first kappa shape index (κ1) is 22.8. The van der Waals surface area contributed by atoms with Crippen molar-refractivity contribution < 1.29 is 59.4 Å². The Labute approximate surface area is 160 Å². The topological polar surface area (TPSA) is 224 Å². The average molecular weight is 372 g/mol. The molecule has 0 radical (unpaired) electrons. The molecule has 0 aromatic rings. The predicted octanol–water partition coefficient (Wildman–Crippen LogP) is -2.44. The predicted molar refractivity (Wildman–Crippen MR) is 73.9 cm³/mol. The Morgan fingerprint density at radius 1 is 0.360 bits per heavy atom. The van der Waals surface area contributed by atoms with E-state index < -0.39 is 71.3 Å². The van der Waals surface area contributed by atoms with E-state index >= 15 is 0 Å². The van der Waals surface area contributed by atoms with Gasteiger partial charge in [-0.1, -0.05) is 0 Å². The van der Waals surface area contributed by atoms with Gasteiger partial charge in [0.25, 0.3) is 0 Å². The van der Waals surface area contributed by atoms with Gasteiger partial charge in [0.15, 0.2) is 0 Å². The molecule has 1 aliphatic carbocycles. The van der Waals surface area contributed by atoms with Crippen LogP contribution in [0.1, 0.15) is 0 Å². The van der Waals surface area contributed by atoms with Crippen molar-refractivity contribution in [2.75, 3.05) is 0 Å². The second kappa shape index (κ2) is 8.27. The SMILES string of the molecule is O=C(O)C1C(C(=O)O)C(C(=O)O)C(C(=O)O)C(C(=O)O)C1C(=O)O.[NaH]. The van der Waals surface area contributed by atoms with E-state index in [2.05, 4.69) is 0 Å². The van der Waals surface area contributed by atoms with Crippen molar-refractivity contribution in [1.29, 1.82) is 0 Å². The number of carbonyl (C=O) groups is 6. The van der Waals surface area contributed by atoms with Crippen LogP contribution in [-0.4, -0.2) is 96.0 Å². The molecule has 0 unspecified atom stereocenters. The summed E-state index contributed by atoms with van der Waals surface area (Å²) >= 11 is 0. The summed E-state index contributed by atoms with van der Waals surface area (Å²) in [6, 6.07) is 0. The maximum absolute atomic E-state index is 11.3. The fourth-order valence-corrected chi connectivity index (χ4v) is 3.18. The number of hydrogen-bond donors (Lipinski definition) is 6. The number of aliphatic carboxylic acids is 6. The Kier molecular flexibility index (Phi) is 7.55. The van der Waals surface area contributed by atoms with E-state index in [1.807, 2.05) is 0 Å². The molecule has 0 bridgehead atoms. The minimum atomic E-state index is -2.43. The Bertz CT molecular complexity index is 476. The summed E-state index contributed by atoms with van der Waals surface area (Å²) in [7, 11) is 0. The third-order valence-corrected chi connectivity index (χ3v) is 4.03. The Balaban J connectivity index is 0.00000576. The molecule has 13 heteroatoms. The average Bonchev–Trinajstić information content (AvgIpc) is 2.42. The molecule has 1 aliphatic rings. The van der Waals surface area contributed by atoms with Gasteiger partial charge in [-0.3, -0.25) is 28.8 Å². The standard InChI is InChI=1S/C12H12O12.Na.H/c13-7(14)1-2(8(15)16)4(10(19)20)6(12(23)24)5(11(21)22)3(1)9(17)18;;/h1-6H,(H,13,14)(H,15,16)(H,17,18)(H,19,20)(H,21,22)(H,23,24);;. The second-order valence-corrected chi connectivity index (χ2v) is 5.18. The summed E-state index contributed by atoms with van der Waals surface area (Å²) in [4.78, 5) is 68.0. The minimum absolute atomic E-state index is 0. The molecule has 0 aromatic heterocycles. The first-order valence-corrected chi connectivity index (χ1v) is 6.30. The summed E-state index contributed by atoms with van der Waals surface area (Å²) < 4.78 is 0. The fraction of sp³-hybridized carbons (Fsp3) is 0.500. The van der Waals surface area contributed by atoms with Crippen LogP contribution in [0.2, 0.25) is 0 Å². The normalized spacial score (nSPS) is 31.2. The number of hydrogen-bond acceptors (Lipinski definition) is 6. The van der Waals surface area contributed by atoms with Crippen LogP contribution in [-0.2, 0) is 28.8 Å². The van der Waals surface area contributed by atoms with Crippen LogP contribution in [0.5, 0.6) is 0 Å². The molecule has 1 saturated carbocycles. The summed E-state index contributed by atoms with van der Waals surface area (Å²) in [6.07, 6.45) is 0. The first-order valence-electron chi connectivity index (χ1n) is 6.30. The van der Waals surface area contributed by atoms with Gasteiger partial charge >= 0.3 is 65.4 Å². The van der Waals surface area contributed by atoms with Crippen LogP contribution in [0.15, 0.2) is 0 Å². The van der Waals surface area contributed by atoms with Crippen molar-refractivity contribution in [3.8, 4) is 0 Å². The van der Waals surface area contributed by atoms with Crippen LogP contribution in [0.3, 0.4) is 0 Å². The zero-order valence-electron chi connectivity index (χ0n) is 11.6. The molecule has 0 aliphatic heterocycles. The van der Waals surface area contributed by atoms with Crippen molar-refractivity contribution in [2.24, 2.45) is 35.5 Å². The van der Waals surface area contributed by atoms with E-state index in [0.717, 1.165) is 0 Å². The Hall–Kier alpha value is -2.18. The van der Waals surface area contributed by atoms with E-state index in [0.29, 0.717) is 0 Å². The molecular weight excluding hydrogens is 359 g/mol. The van der Waals surface area contributed by atoms with E-state index in [-0.39, 0.29) is 29.6 Å². The monoisotopic (exact) mass is 372 g/mol. The molecule has 1 rings (SSSR count). The molecule has 25 heavy (non-hydrogen) atoms. The van der Waals surface area contributed by atoms with Gasteiger partial charge in [-0.15, -0.1) is 0 Å². The first-order chi connectivity index (χ1) is 10.9. The molecule has 6 N–H and O–H groups in total. The van der Waals surface area contributed by atoms with Crippen molar-refractivity contribution in [3.63, 3.8) is 0 Å². The van der Waals surface area contributed by atoms with Crippen molar-refractivity contribution in [3.05, 3.63) is 0 Å². The van der Waals surface area contributed by atoms with Gasteiger partial charge in [-0.25, -0.2) is 0 Å². The summed E-state index contributed by atoms with van der Waals surface area (Å²) in [5.41, 5.74) is 0. The van der Waals surface area contributed by atoms with Crippen molar-refractivity contribution >= 4 is 65.4 Å². The van der Waals surface area contributed by atoms with Gasteiger partial charge < -0.3 is 30.6 Å². The molecule has 134 valence electrons. The Morgan fingerprint density at radius 3 is 0.480 bits per heavy atom. The second-order valence-electron chi connectivity index (χ2n) is 5.18. The van der Waals surface area contributed by atoms with Gasteiger partial charge in [0.2, 0.25) is 0 Å². The van der Waals surface area contributed by atoms with Crippen LogP contribution < -0.4 is 0 Å². The fourth-order valence-electron chi connectivity index (χ4n) is 3.18. The number of carboxylic acid groups (broad SMARTS) is 6. The third-order valence-electron chi connectivity index (χ3n) is 4.03. The van der Waals surface area contributed by atoms with Gasteiger partial charge in [0.1, 0.15) is 0 Å². The van der Waals surface area contributed by atoms with Gasteiger partial charge in [0, 0.05) is 0 Å². The summed E-state index contributed by atoms with van der Waals surface area (Å²) in [6.45, 7) is 0. The van der Waals surface area contributed by atoms with Crippen LogP contribution >= 0.6 is 0 Å². The molecule has 1 fully saturated rings. The van der Waals surface area contributed by atoms with E-state index in [9.17, 15) is 28.8 Å². The molecule has 0 aromatic carbocycles. The van der Waals surface area contributed by atoms with Crippen LogP contribution in [0.4, 0.5) is 0 Å².